The Labute approximate surface area is 185 Å². The third kappa shape index (κ3) is 4.05. The first-order valence-electron chi connectivity index (χ1n) is 11.2. The van der Waals surface area contributed by atoms with E-state index in [1.807, 2.05) is 0 Å². The van der Waals surface area contributed by atoms with Crippen LogP contribution < -0.4 is 15.7 Å². The molecule has 4 aliphatic carbocycles. The summed E-state index contributed by atoms with van der Waals surface area (Å²) in [4.78, 5) is 37.4. The third-order valence-electron chi connectivity index (χ3n) is 7.55. The molecule has 6 rings (SSSR count). The van der Waals surface area contributed by atoms with Crippen LogP contribution in [-0.2, 0) is 27.4 Å². The number of alkyl carbamates (subject to hydrolysis) is 1. The van der Waals surface area contributed by atoms with Crippen LogP contribution in [0.4, 0.5) is 9.18 Å². The third-order valence-corrected chi connectivity index (χ3v) is 7.55. The van der Waals surface area contributed by atoms with Crippen LogP contribution in [0.25, 0.3) is 0 Å². The van der Waals surface area contributed by atoms with Gasteiger partial charge in [0.15, 0.2) is 0 Å². The minimum absolute atomic E-state index is 0.0287. The van der Waals surface area contributed by atoms with Gasteiger partial charge in [-0.1, -0.05) is 6.07 Å². The van der Waals surface area contributed by atoms with Crippen LogP contribution in [0.15, 0.2) is 18.2 Å². The molecular weight excluding hydrogens is 417 g/mol. The van der Waals surface area contributed by atoms with E-state index in [2.05, 4.69) is 10.6 Å². The molecule has 4 fully saturated rings. The van der Waals surface area contributed by atoms with Gasteiger partial charge in [-0.25, -0.2) is 9.18 Å². The SMILES string of the molecule is O=C([O-])CNC(=O)OC12CC3CC(CC(NCC(=O)N4Cc5ccc(F)cc5C4)(C3)C1)C2. The van der Waals surface area contributed by atoms with Crippen molar-refractivity contribution in [3.8, 4) is 0 Å². The lowest BCUT2D eigenvalue weighted by atomic mass is 9.51. The summed E-state index contributed by atoms with van der Waals surface area (Å²) in [5.74, 6) is -0.868. The smallest absolute Gasteiger partial charge is 0.407 e. The van der Waals surface area contributed by atoms with Gasteiger partial charge in [-0.05, 0) is 67.2 Å². The Morgan fingerprint density at radius 1 is 1.09 bits per heavy atom. The number of rotatable bonds is 6. The first kappa shape index (κ1) is 21.2. The van der Waals surface area contributed by atoms with Crippen LogP contribution in [0.5, 0.6) is 0 Å². The Balaban J connectivity index is 1.22. The van der Waals surface area contributed by atoms with Crippen molar-refractivity contribution in [3.05, 3.63) is 35.1 Å². The Kier molecular flexibility index (Phi) is 5.11. The number of benzene rings is 1. The molecule has 1 aromatic rings. The van der Waals surface area contributed by atoms with Gasteiger partial charge in [-0.15, -0.1) is 0 Å². The van der Waals surface area contributed by atoms with E-state index in [0.717, 1.165) is 43.2 Å². The number of carboxylic acid groups (broad SMARTS) is 1. The van der Waals surface area contributed by atoms with Crippen molar-refractivity contribution in [2.24, 2.45) is 11.8 Å². The summed E-state index contributed by atoms with van der Waals surface area (Å²) in [6.07, 6.45) is 4.39. The van der Waals surface area contributed by atoms with Crippen LogP contribution in [0.1, 0.15) is 49.7 Å². The van der Waals surface area contributed by atoms with Crippen LogP contribution in [-0.4, -0.2) is 47.1 Å². The van der Waals surface area contributed by atoms with E-state index in [9.17, 15) is 23.9 Å². The molecule has 2 amide bonds. The summed E-state index contributed by atoms with van der Waals surface area (Å²) in [5.41, 5.74) is 0.928. The fourth-order valence-electron chi connectivity index (χ4n) is 6.80. The van der Waals surface area contributed by atoms with Crippen molar-refractivity contribution in [2.45, 2.75) is 62.8 Å². The summed E-state index contributed by atoms with van der Waals surface area (Å²) >= 11 is 0. The van der Waals surface area contributed by atoms with Crippen molar-refractivity contribution in [2.75, 3.05) is 13.1 Å². The largest absolute Gasteiger partial charge is 0.548 e. The van der Waals surface area contributed by atoms with Gasteiger partial charge in [0.05, 0.1) is 19.1 Å². The molecule has 1 aliphatic heterocycles. The average molecular weight is 444 g/mol. The molecule has 172 valence electrons. The fraction of sp³-hybridized carbons (Fsp3) is 0.609. The van der Waals surface area contributed by atoms with Crippen molar-refractivity contribution >= 4 is 18.0 Å². The first-order chi connectivity index (χ1) is 15.2. The van der Waals surface area contributed by atoms with E-state index < -0.39 is 24.2 Å². The number of amides is 2. The highest BCUT2D eigenvalue weighted by Crippen LogP contribution is 2.58. The predicted octanol–water partition coefficient (Wildman–Crippen LogP) is 0.825. The summed E-state index contributed by atoms with van der Waals surface area (Å²) in [5, 5.41) is 16.4. The zero-order valence-corrected chi connectivity index (χ0v) is 17.8. The Hall–Kier alpha value is -2.68. The van der Waals surface area contributed by atoms with Gasteiger partial charge in [0.1, 0.15) is 11.4 Å². The summed E-state index contributed by atoms with van der Waals surface area (Å²) in [6.45, 7) is 0.502. The van der Waals surface area contributed by atoms with E-state index in [1.165, 1.54) is 12.1 Å². The standard InChI is InChI=1S/C23H28FN3O5/c24-18-2-1-16-11-27(12-17(16)4-18)19(28)9-26-22-5-14-3-15(6-22)8-23(7-14,13-22)32-21(31)25-10-20(29)30/h1-2,4,14-15,26H,3,5-13H2,(H,25,31)(H,29,30)/p-1. The quantitative estimate of drug-likeness (QED) is 0.672. The zero-order valence-electron chi connectivity index (χ0n) is 17.8. The second kappa shape index (κ2) is 7.72. The summed E-state index contributed by atoms with van der Waals surface area (Å²) in [6, 6.07) is 4.64. The van der Waals surface area contributed by atoms with Crippen molar-refractivity contribution in [1.82, 2.24) is 15.5 Å². The Morgan fingerprint density at radius 2 is 1.81 bits per heavy atom. The molecule has 0 spiro atoms. The van der Waals surface area contributed by atoms with Gasteiger partial charge < -0.3 is 30.2 Å². The number of nitrogens with one attached hydrogen (secondary N) is 2. The number of carbonyl (C=O) groups excluding carboxylic acids is 3. The molecule has 1 aromatic carbocycles. The molecule has 2 N–H and O–H groups in total. The normalized spacial score (nSPS) is 32.0. The lowest BCUT2D eigenvalue weighted by Crippen LogP contribution is -2.66. The average Bonchev–Trinajstić information content (AvgIpc) is 3.12. The molecule has 0 radical (unpaired) electrons. The van der Waals surface area contributed by atoms with E-state index in [4.69, 9.17) is 4.74 Å². The van der Waals surface area contributed by atoms with Crippen LogP contribution in [0.3, 0.4) is 0 Å². The van der Waals surface area contributed by atoms with Gasteiger partial charge in [-0.2, -0.15) is 0 Å². The molecular formula is C23H27FN3O5-. The van der Waals surface area contributed by atoms with Gasteiger partial charge in [-0.3, -0.25) is 4.79 Å². The molecule has 1 heterocycles. The second-order valence-electron chi connectivity index (χ2n) is 10.1. The maximum absolute atomic E-state index is 13.5. The number of hydrogen-bond donors (Lipinski definition) is 2. The molecule has 4 bridgehead atoms. The van der Waals surface area contributed by atoms with E-state index in [0.29, 0.717) is 31.3 Å². The molecule has 8 nitrogen and oxygen atoms in total. The molecule has 5 aliphatic rings. The van der Waals surface area contributed by atoms with Gasteiger partial charge in [0.25, 0.3) is 0 Å². The number of aliphatic carboxylic acids is 1. The highest BCUT2D eigenvalue weighted by Gasteiger charge is 2.59. The lowest BCUT2D eigenvalue weighted by molar-refractivity contribution is -0.304. The van der Waals surface area contributed by atoms with Crippen LogP contribution in [0, 0.1) is 17.7 Å². The minimum atomic E-state index is -1.36. The predicted molar refractivity (Wildman–Crippen MR) is 108 cm³/mol. The molecule has 2 unspecified atom stereocenters. The van der Waals surface area contributed by atoms with Gasteiger partial charge >= 0.3 is 6.09 Å². The molecule has 0 saturated heterocycles. The van der Waals surface area contributed by atoms with E-state index in [1.54, 1.807) is 11.0 Å². The summed E-state index contributed by atoms with van der Waals surface area (Å²) in [7, 11) is 0. The number of nitrogens with zero attached hydrogens (tertiary/aromatic N) is 1. The number of carboxylic acids is 1. The number of carbonyl (C=O) groups is 3. The lowest BCUT2D eigenvalue weighted by Gasteiger charge is -2.61. The number of hydrogen-bond acceptors (Lipinski definition) is 6. The molecule has 32 heavy (non-hydrogen) atoms. The van der Waals surface area contributed by atoms with Gasteiger partial charge in [0, 0.05) is 25.0 Å². The van der Waals surface area contributed by atoms with Crippen molar-refractivity contribution < 1.29 is 28.6 Å². The van der Waals surface area contributed by atoms with E-state index in [-0.39, 0.29) is 23.8 Å². The zero-order chi connectivity index (χ0) is 22.5. The van der Waals surface area contributed by atoms with Crippen molar-refractivity contribution in [3.63, 3.8) is 0 Å². The molecule has 0 aromatic heterocycles. The Morgan fingerprint density at radius 3 is 2.53 bits per heavy atom. The topological polar surface area (TPSA) is 111 Å². The minimum Gasteiger partial charge on any atom is -0.548 e. The highest BCUT2D eigenvalue weighted by atomic mass is 19.1. The monoisotopic (exact) mass is 444 g/mol. The van der Waals surface area contributed by atoms with E-state index >= 15 is 0 Å². The number of halogens is 1. The molecule has 2 atom stereocenters. The highest BCUT2D eigenvalue weighted by molar-refractivity contribution is 5.79. The van der Waals surface area contributed by atoms with Crippen LogP contribution >= 0.6 is 0 Å². The maximum Gasteiger partial charge on any atom is 0.407 e. The molecule has 9 heteroatoms. The second-order valence-corrected chi connectivity index (χ2v) is 10.1. The van der Waals surface area contributed by atoms with Gasteiger partial charge in [0.2, 0.25) is 5.91 Å². The number of ether oxygens (including phenoxy) is 1. The molecule has 4 saturated carbocycles. The fourth-order valence-corrected chi connectivity index (χ4v) is 6.80. The first-order valence-corrected chi connectivity index (χ1v) is 11.2. The maximum atomic E-state index is 13.5. The summed E-state index contributed by atoms with van der Waals surface area (Å²) < 4.78 is 19.3. The van der Waals surface area contributed by atoms with Crippen molar-refractivity contribution in [1.29, 1.82) is 0 Å². The Bertz CT molecular complexity index is 953. The van der Waals surface area contributed by atoms with Crippen LogP contribution in [0.2, 0.25) is 0 Å². The number of fused-ring (bicyclic) bond motifs is 1.